The molecule has 0 radical (unpaired) electrons. The van der Waals surface area contributed by atoms with Crippen molar-refractivity contribution in [1.29, 1.82) is 0 Å². The average Bonchev–Trinajstić information content (AvgIpc) is 2.12. The Bertz CT molecular complexity index is 159. The predicted molar refractivity (Wildman–Crippen MR) is 59.4 cm³/mol. The molecule has 0 aromatic rings. The summed E-state index contributed by atoms with van der Waals surface area (Å²) in [5.74, 6) is 0. The second-order valence-electron chi connectivity index (χ2n) is 4.19. The van der Waals surface area contributed by atoms with Gasteiger partial charge in [-0.05, 0) is 19.1 Å². The summed E-state index contributed by atoms with van der Waals surface area (Å²) in [7, 11) is 0. The molecular formula is C10H20N2S. The number of nitrogens with one attached hydrogen (secondary N) is 2. The van der Waals surface area contributed by atoms with Gasteiger partial charge in [-0.15, -0.1) is 0 Å². The largest absolute Gasteiger partial charge is 0.314 e. The second kappa shape index (κ2) is 4.67. The molecule has 13 heavy (non-hydrogen) atoms. The molecule has 2 unspecified atom stereocenters. The zero-order valence-electron chi connectivity index (χ0n) is 8.38. The highest BCUT2D eigenvalue weighted by Crippen LogP contribution is 2.27. The maximum atomic E-state index is 3.77. The van der Waals surface area contributed by atoms with Gasteiger partial charge >= 0.3 is 0 Å². The van der Waals surface area contributed by atoms with Gasteiger partial charge in [-0.25, -0.2) is 0 Å². The maximum absolute atomic E-state index is 3.77. The topological polar surface area (TPSA) is 24.1 Å². The summed E-state index contributed by atoms with van der Waals surface area (Å²) < 4.78 is 0. The first-order valence-electron chi connectivity index (χ1n) is 5.39. The van der Waals surface area contributed by atoms with Crippen LogP contribution in [0, 0.1) is 0 Å². The third kappa shape index (κ3) is 2.39. The molecule has 0 aromatic carbocycles. The van der Waals surface area contributed by atoms with Gasteiger partial charge in [0, 0.05) is 30.4 Å². The normalized spacial score (nSPS) is 35.8. The summed E-state index contributed by atoms with van der Waals surface area (Å²) in [6.07, 6.45) is 7.92. The van der Waals surface area contributed by atoms with Gasteiger partial charge in [0.1, 0.15) is 0 Å². The van der Waals surface area contributed by atoms with Crippen LogP contribution in [0.15, 0.2) is 0 Å². The highest BCUT2D eigenvalue weighted by molar-refractivity contribution is 7.99. The Balaban J connectivity index is 1.79. The van der Waals surface area contributed by atoms with Crippen molar-refractivity contribution < 1.29 is 0 Å². The lowest BCUT2D eigenvalue weighted by Gasteiger charge is -2.38. The molecule has 2 nitrogen and oxygen atoms in total. The van der Waals surface area contributed by atoms with Crippen molar-refractivity contribution in [3.8, 4) is 0 Å². The summed E-state index contributed by atoms with van der Waals surface area (Å²) in [5.41, 5.74) is 0. The highest BCUT2D eigenvalue weighted by atomic mass is 32.2. The Labute approximate surface area is 85.2 Å². The zero-order valence-corrected chi connectivity index (χ0v) is 9.20. The SMILES string of the molecule is CSC1CCCCC1NC1CNC1. The Morgan fingerprint density at radius 3 is 2.62 bits per heavy atom. The molecule has 76 valence electrons. The molecule has 1 saturated carbocycles. The Morgan fingerprint density at radius 1 is 1.23 bits per heavy atom. The second-order valence-corrected chi connectivity index (χ2v) is 5.26. The fraction of sp³-hybridized carbons (Fsp3) is 1.00. The van der Waals surface area contributed by atoms with Crippen molar-refractivity contribution in [2.45, 2.75) is 43.0 Å². The quantitative estimate of drug-likeness (QED) is 0.716. The van der Waals surface area contributed by atoms with Crippen LogP contribution in [0.2, 0.25) is 0 Å². The molecule has 1 aliphatic heterocycles. The van der Waals surface area contributed by atoms with E-state index in [9.17, 15) is 0 Å². The molecule has 0 aromatic heterocycles. The monoisotopic (exact) mass is 200 g/mol. The summed E-state index contributed by atoms with van der Waals surface area (Å²) in [6.45, 7) is 2.36. The zero-order chi connectivity index (χ0) is 9.10. The molecule has 1 heterocycles. The van der Waals surface area contributed by atoms with E-state index < -0.39 is 0 Å². The van der Waals surface area contributed by atoms with E-state index >= 15 is 0 Å². The Morgan fingerprint density at radius 2 is 2.00 bits per heavy atom. The summed E-state index contributed by atoms with van der Waals surface area (Å²) in [4.78, 5) is 0. The molecule has 2 aliphatic rings. The van der Waals surface area contributed by atoms with Crippen molar-refractivity contribution in [2.24, 2.45) is 0 Å². The minimum atomic E-state index is 0.762. The van der Waals surface area contributed by atoms with Gasteiger partial charge in [0.25, 0.3) is 0 Å². The molecule has 2 N–H and O–H groups in total. The lowest BCUT2D eigenvalue weighted by atomic mass is 9.93. The summed E-state index contributed by atoms with van der Waals surface area (Å²) in [6, 6.07) is 1.55. The molecular weight excluding hydrogens is 180 g/mol. The fourth-order valence-electron chi connectivity index (χ4n) is 2.28. The van der Waals surface area contributed by atoms with Gasteiger partial charge in [-0.2, -0.15) is 11.8 Å². The van der Waals surface area contributed by atoms with Gasteiger partial charge in [0.2, 0.25) is 0 Å². The van der Waals surface area contributed by atoms with E-state index in [-0.39, 0.29) is 0 Å². The predicted octanol–water partition coefficient (Wildman–Crippen LogP) is 1.22. The number of rotatable bonds is 3. The van der Waals surface area contributed by atoms with Crippen molar-refractivity contribution in [2.75, 3.05) is 19.3 Å². The molecule has 2 atom stereocenters. The highest BCUT2D eigenvalue weighted by Gasteiger charge is 2.28. The summed E-state index contributed by atoms with van der Waals surface area (Å²) in [5, 5.41) is 7.96. The standard InChI is InChI=1S/C10H20N2S/c1-13-10-5-3-2-4-9(10)12-8-6-11-7-8/h8-12H,2-7H2,1H3. The van der Waals surface area contributed by atoms with Crippen LogP contribution in [0.1, 0.15) is 25.7 Å². The van der Waals surface area contributed by atoms with Gasteiger partial charge in [0.05, 0.1) is 0 Å². The third-order valence-electron chi connectivity index (χ3n) is 3.24. The van der Waals surface area contributed by atoms with Gasteiger partial charge in [-0.3, -0.25) is 0 Å². The first-order valence-corrected chi connectivity index (χ1v) is 6.68. The fourth-order valence-corrected chi connectivity index (χ4v) is 3.22. The van der Waals surface area contributed by atoms with Gasteiger partial charge < -0.3 is 10.6 Å². The van der Waals surface area contributed by atoms with Crippen LogP contribution in [0.25, 0.3) is 0 Å². The minimum absolute atomic E-state index is 0.762. The molecule has 0 amide bonds. The lowest BCUT2D eigenvalue weighted by molar-refractivity contribution is 0.289. The number of thioether (sulfide) groups is 1. The Hall–Kier alpha value is 0.270. The van der Waals surface area contributed by atoms with Crippen LogP contribution in [0.4, 0.5) is 0 Å². The molecule has 0 bridgehead atoms. The first-order chi connectivity index (χ1) is 6.40. The van der Waals surface area contributed by atoms with E-state index in [1.807, 2.05) is 11.8 Å². The van der Waals surface area contributed by atoms with Crippen molar-refractivity contribution in [3.63, 3.8) is 0 Å². The van der Waals surface area contributed by atoms with E-state index in [0.717, 1.165) is 17.3 Å². The van der Waals surface area contributed by atoms with E-state index in [1.54, 1.807) is 0 Å². The van der Waals surface area contributed by atoms with Crippen LogP contribution in [-0.2, 0) is 0 Å². The smallest absolute Gasteiger partial charge is 0.0320 e. The molecule has 1 saturated heterocycles. The van der Waals surface area contributed by atoms with Crippen LogP contribution in [0.3, 0.4) is 0 Å². The maximum Gasteiger partial charge on any atom is 0.0320 e. The lowest BCUT2D eigenvalue weighted by Crippen LogP contribution is -2.60. The van der Waals surface area contributed by atoms with E-state index in [4.69, 9.17) is 0 Å². The van der Waals surface area contributed by atoms with Crippen LogP contribution >= 0.6 is 11.8 Å². The number of hydrogen-bond donors (Lipinski definition) is 2. The van der Waals surface area contributed by atoms with Crippen LogP contribution < -0.4 is 10.6 Å². The van der Waals surface area contributed by atoms with Gasteiger partial charge in [-0.1, -0.05) is 12.8 Å². The first kappa shape index (κ1) is 9.81. The number of hydrogen-bond acceptors (Lipinski definition) is 3. The summed E-state index contributed by atoms with van der Waals surface area (Å²) >= 11 is 2.05. The molecule has 2 rings (SSSR count). The van der Waals surface area contributed by atoms with Crippen molar-refractivity contribution >= 4 is 11.8 Å². The van der Waals surface area contributed by atoms with E-state index in [1.165, 1.54) is 38.8 Å². The van der Waals surface area contributed by atoms with Crippen molar-refractivity contribution in [3.05, 3.63) is 0 Å². The van der Waals surface area contributed by atoms with E-state index in [2.05, 4.69) is 16.9 Å². The average molecular weight is 200 g/mol. The third-order valence-corrected chi connectivity index (χ3v) is 4.41. The van der Waals surface area contributed by atoms with Gasteiger partial charge in [0.15, 0.2) is 0 Å². The van der Waals surface area contributed by atoms with Crippen LogP contribution in [-0.4, -0.2) is 36.7 Å². The molecule has 0 spiro atoms. The molecule has 2 fully saturated rings. The minimum Gasteiger partial charge on any atom is -0.314 e. The van der Waals surface area contributed by atoms with Crippen molar-refractivity contribution in [1.82, 2.24) is 10.6 Å². The van der Waals surface area contributed by atoms with Crippen LogP contribution in [0.5, 0.6) is 0 Å². The Kier molecular flexibility index (Phi) is 3.52. The molecule has 3 heteroatoms. The molecule has 1 aliphatic carbocycles. The van der Waals surface area contributed by atoms with E-state index in [0.29, 0.717) is 0 Å².